The Balaban J connectivity index is 2.32. The Labute approximate surface area is 141 Å². The first-order valence-corrected chi connectivity index (χ1v) is 7.22. The highest BCUT2D eigenvalue weighted by atomic mass is 35.5. The first-order valence-electron chi connectivity index (χ1n) is 6.85. The molecule has 2 N–H and O–H groups in total. The Morgan fingerprint density at radius 3 is 2.62 bits per heavy atom. The number of halogens is 2. The molecule has 24 heavy (non-hydrogen) atoms. The van der Waals surface area contributed by atoms with Gasteiger partial charge in [-0.2, -0.15) is 5.26 Å². The van der Waals surface area contributed by atoms with Gasteiger partial charge in [0.15, 0.2) is 5.56 Å². The molecule has 0 bridgehead atoms. The van der Waals surface area contributed by atoms with Crippen molar-refractivity contribution in [2.45, 2.75) is 6.10 Å². The zero-order chi connectivity index (χ0) is 18.0. The van der Waals surface area contributed by atoms with Crippen LogP contribution < -0.4 is 16.6 Å². The summed E-state index contributed by atoms with van der Waals surface area (Å²) in [6.07, 6.45) is -1.14. The van der Waals surface area contributed by atoms with Gasteiger partial charge < -0.3 is 10.4 Å². The summed E-state index contributed by atoms with van der Waals surface area (Å²) in [6.45, 7) is -0.143. The maximum Gasteiger partial charge on any atom is 0.332 e. The van der Waals surface area contributed by atoms with Gasteiger partial charge in [0.05, 0.1) is 11.1 Å². The Hall–Kier alpha value is -2.63. The lowest BCUT2D eigenvalue weighted by atomic mass is 10.1. The lowest BCUT2D eigenvalue weighted by Crippen LogP contribution is -2.40. The fourth-order valence-electron chi connectivity index (χ4n) is 2.18. The van der Waals surface area contributed by atoms with Crippen LogP contribution in [0.15, 0.2) is 27.8 Å². The number of aliphatic hydroxyl groups excluding tert-OH is 1. The van der Waals surface area contributed by atoms with E-state index < -0.39 is 23.2 Å². The van der Waals surface area contributed by atoms with Crippen molar-refractivity contribution in [1.29, 1.82) is 5.26 Å². The molecule has 2 rings (SSSR count). The van der Waals surface area contributed by atoms with Crippen LogP contribution in [0.2, 0.25) is 5.02 Å². The molecule has 0 aliphatic carbocycles. The molecule has 0 aliphatic rings. The lowest BCUT2D eigenvalue weighted by Gasteiger charge is -2.17. The van der Waals surface area contributed by atoms with Crippen LogP contribution in [0.1, 0.15) is 17.2 Å². The number of hydrogen-bond acceptors (Lipinski definition) is 5. The molecule has 1 aromatic heterocycles. The van der Waals surface area contributed by atoms with Gasteiger partial charge in [-0.05, 0) is 17.7 Å². The average molecular weight is 353 g/mol. The minimum atomic E-state index is -1.14. The molecule has 0 saturated heterocycles. The van der Waals surface area contributed by atoms with Crippen molar-refractivity contribution in [1.82, 2.24) is 9.13 Å². The monoisotopic (exact) mass is 352 g/mol. The highest BCUT2D eigenvalue weighted by Crippen LogP contribution is 2.21. The molecule has 1 aromatic carbocycles. The quantitative estimate of drug-likeness (QED) is 0.851. The number of hydrogen-bond donors (Lipinski definition) is 2. The van der Waals surface area contributed by atoms with Crippen molar-refractivity contribution < 1.29 is 9.50 Å². The van der Waals surface area contributed by atoms with E-state index in [0.717, 1.165) is 15.2 Å². The number of nitrogens with one attached hydrogen (secondary N) is 1. The smallest absolute Gasteiger partial charge is 0.332 e. The summed E-state index contributed by atoms with van der Waals surface area (Å²) in [4.78, 5) is 23.9. The van der Waals surface area contributed by atoms with Gasteiger partial charge in [-0.1, -0.05) is 17.7 Å². The molecule has 0 radical (unpaired) electrons. The summed E-state index contributed by atoms with van der Waals surface area (Å²) < 4.78 is 15.3. The van der Waals surface area contributed by atoms with Gasteiger partial charge >= 0.3 is 5.69 Å². The van der Waals surface area contributed by atoms with Gasteiger partial charge in [0.1, 0.15) is 17.7 Å². The van der Waals surface area contributed by atoms with E-state index in [2.05, 4.69) is 5.32 Å². The van der Waals surface area contributed by atoms with Crippen molar-refractivity contribution in [3.63, 3.8) is 0 Å². The number of nitrogens with zero attached hydrogens (tertiary/aromatic N) is 3. The van der Waals surface area contributed by atoms with Crippen molar-refractivity contribution in [3.05, 3.63) is 61.0 Å². The van der Waals surface area contributed by atoms with E-state index in [1.807, 2.05) is 0 Å². The van der Waals surface area contributed by atoms with Crippen molar-refractivity contribution in [2.24, 2.45) is 14.1 Å². The van der Waals surface area contributed by atoms with Crippen LogP contribution in [0.4, 0.5) is 10.2 Å². The van der Waals surface area contributed by atoms with Crippen LogP contribution in [0, 0.1) is 17.1 Å². The summed E-state index contributed by atoms with van der Waals surface area (Å²) in [5.74, 6) is -0.689. The Kier molecular flexibility index (Phi) is 5.07. The number of nitriles is 1. The van der Waals surface area contributed by atoms with Gasteiger partial charge in [-0.25, -0.2) is 9.18 Å². The summed E-state index contributed by atoms with van der Waals surface area (Å²) in [5, 5.41) is 21.9. The number of aliphatic hydroxyl groups is 1. The Morgan fingerprint density at radius 2 is 2.04 bits per heavy atom. The minimum absolute atomic E-state index is 0.0147. The summed E-state index contributed by atoms with van der Waals surface area (Å²) in [5.41, 5.74) is -1.35. The van der Waals surface area contributed by atoms with E-state index >= 15 is 0 Å². The second-order valence-electron chi connectivity index (χ2n) is 5.11. The van der Waals surface area contributed by atoms with Crippen molar-refractivity contribution in [3.8, 4) is 6.07 Å². The third-order valence-corrected chi connectivity index (χ3v) is 3.87. The highest BCUT2D eigenvalue weighted by Gasteiger charge is 2.17. The van der Waals surface area contributed by atoms with Crippen molar-refractivity contribution >= 4 is 17.4 Å². The topological polar surface area (TPSA) is 100 Å². The van der Waals surface area contributed by atoms with Gasteiger partial charge in [0.25, 0.3) is 5.56 Å². The summed E-state index contributed by atoms with van der Waals surface area (Å²) >= 11 is 5.58. The Morgan fingerprint density at radius 1 is 1.38 bits per heavy atom. The van der Waals surface area contributed by atoms with E-state index in [4.69, 9.17) is 16.9 Å². The molecule has 126 valence electrons. The van der Waals surface area contributed by atoms with E-state index in [0.29, 0.717) is 0 Å². The van der Waals surface area contributed by atoms with E-state index in [1.54, 1.807) is 6.07 Å². The third-order valence-electron chi connectivity index (χ3n) is 3.57. The molecule has 0 fully saturated rings. The van der Waals surface area contributed by atoms with Crippen LogP contribution in [-0.2, 0) is 14.1 Å². The molecule has 1 unspecified atom stereocenters. The molecular weight excluding hydrogens is 339 g/mol. The first-order chi connectivity index (χ1) is 11.3. The van der Waals surface area contributed by atoms with E-state index in [1.165, 1.54) is 26.2 Å². The van der Waals surface area contributed by atoms with Crippen molar-refractivity contribution in [2.75, 3.05) is 11.9 Å². The zero-order valence-electron chi connectivity index (χ0n) is 12.9. The number of benzene rings is 1. The standard InChI is InChI=1S/C15H14ClFN4O3/c1-20-13(9(6-18)14(23)21(2)15(20)24)19-7-12(22)8-3-4-10(16)11(17)5-8/h3-5,12,19,22H,7H2,1-2H3. The molecule has 0 aliphatic heterocycles. The second-order valence-corrected chi connectivity index (χ2v) is 5.52. The zero-order valence-corrected chi connectivity index (χ0v) is 13.6. The predicted octanol–water partition coefficient (Wildman–Crippen LogP) is 0.894. The molecule has 1 heterocycles. The Bertz CT molecular complexity index is 945. The minimum Gasteiger partial charge on any atom is -0.387 e. The number of aromatic nitrogens is 2. The highest BCUT2D eigenvalue weighted by molar-refractivity contribution is 6.30. The number of rotatable bonds is 4. The maximum absolute atomic E-state index is 13.4. The largest absolute Gasteiger partial charge is 0.387 e. The molecule has 0 spiro atoms. The van der Waals surface area contributed by atoms with E-state index in [9.17, 15) is 19.1 Å². The SMILES string of the molecule is Cn1c(NCC(O)c2ccc(Cl)c(F)c2)c(C#N)c(=O)n(C)c1=O. The first kappa shape index (κ1) is 17.7. The fourth-order valence-corrected chi connectivity index (χ4v) is 2.30. The van der Waals surface area contributed by atoms with Gasteiger partial charge in [0, 0.05) is 20.6 Å². The van der Waals surface area contributed by atoms with E-state index in [-0.39, 0.29) is 28.5 Å². The summed E-state index contributed by atoms with van der Waals surface area (Å²) in [7, 11) is 2.65. The van der Waals surface area contributed by atoms with Crippen LogP contribution in [0.25, 0.3) is 0 Å². The fraction of sp³-hybridized carbons (Fsp3) is 0.267. The normalized spacial score (nSPS) is 11.8. The maximum atomic E-state index is 13.4. The van der Waals surface area contributed by atoms with Crippen LogP contribution in [-0.4, -0.2) is 20.8 Å². The van der Waals surface area contributed by atoms with Crippen LogP contribution in [0.5, 0.6) is 0 Å². The summed E-state index contributed by atoms with van der Waals surface area (Å²) in [6, 6.07) is 5.58. The average Bonchev–Trinajstić information content (AvgIpc) is 2.57. The number of anilines is 1. The third kappa shape index (κ3) is 3.18. The molecule has 2 aromatic rings. The molecule has 0 amide bonds. The molecule has 1 atom stereocenters. The van der Waals surface area contributed by atoms with Gasteiger partial charge in [-0.15, -0.1) is 0 Å². The predicted molar refractivity (Wildman–Crippen MR) is 86.5 cm³/mol. The second kappa shape index (κ2) is 6.86. The molecule has 0 saturated carbocycles. The molecule has 9 heteroatoms. The molecular formula is C15H14ClFN4O3. The molecule has 7 nitrogen and oxygen atoms in total. The lowest BCUT2D eigenvalue weighted by molar-refractivity contribution is 0.191. The van der Waals surface area contributed by atoms with Gasteiger partial charge in [0.2, 0.25) is 0 Å². The van der Waals surface area contributed by atoms with Crippen LogP contribution in [0.3, 0.4) is 0 Å². The van der Waals surface area contributed by atoms with Gasteiger partial charge in [-0.3, -0.25) is 13.9 Å². The van der Waals surface area contributed by atoms with Crippen LogP contribution >= 0.6 is 11.6 Å².